The lowest BCUT2D eigenvalue weighted by atomic mass is 10.2. The molecule has 2 N–H and O–H groups in total. The fraction of sp³-hybridized carbons (Fsp3) is 0.158. The Balaban J connectivity index is 2.10. The maximum atomic E-state index is 12.4. The molecule has 25 heavy (non-hydrogen) atoms. The summed E-state index contributed by atoms with van der Waals surface area (Å²) in [6.45, 7) is 0.350. The maximum absolute atomic E-state index is 12.4. The van der Waals surface area contributed by atoms with Gasteiger partial charge >= 0.3 is 5.97 Å². The Bertz CT molecular complexity index is 740. The van der Waals surface area contributed by atoms with Crippen LogP contribution in [0.5, 0.6) is 5.75 Å². The Morgan fingerprint density at radius 2 is 1.68 bits per heavy atom. The zero-order valence-corrected chi connectivity index (χ0v) is 14.1. The van der Waals surface area contributed by atoms with Gasteiger partial charge in [0, 0.05) is 12.2 Å². The standard InChI is InChI=1S/C19H20N2O4/c1-24-16-10-8-15(9-11-16)21-17(12-18(22)25-2)19(23)20-13-14-6-4-3-5-7-14/h3-12,21H,13H2,1-2H3,(H,20,23)/b17-12-. The van der Waals surface area contributed by atoms with Gasteiger partial charge in [0.15, 0.2) is 0 Å². The molecule has 0 saturated carbocycles. The number of methoxy groups -OCH3 is 2. The maximum Gasteiger partial charge on any atom is 0.332 e. The first-order chi connectivity index (χ1) is 12.1. The molecule has 0 saturated heterocycles. The van der Waals surface area contributed by atoms with Crippen molar-refractivity contribution in [2.75, 3.05) is 19.5 Å². The number of rotatable bonds is 7. The Kier molecular flexibility index (Phi) is 6.59. The van der Waals surface area contributed by atoms with Crippen LogP contribution in [0.15, 0.2) is 66.4 Å². The van der Waals surface area contributed by atoms with E-state index in [1.54, 1.807) is 31.4 Å². The minimum atomic E-state index is -0.620. The van der Waals surface area contributed by atoms with Gasteiger partial charge in [-0.05, 0) is 29.8 Å². The van der Waals surface area contributed by atoms with Crippen LogP contribution in [0.3, 0.4) is 0 Å². The van der Waals surface area contributed by atoms with Gasteiger partial charge in [-0.2, -0.15) is 0 Å². The van der Waals surface area contributed by atoms with E-state index >= 15 is 0 Å². The van der Waals surface area contributed by atoms with Crippen LogP contribution in [0.25, 0.3) is 0 Å². The Labute approximate surface area is 146 Å². The van der Waals surface area contributed by atoms with Gasteiger partial charge in [-0.1, -0.05) is 30.3 Å². The highest BCUT2D eigenvalue weighted by atomic mass is 16.5. The average Bonchev–Trinajstić information content (AvgIpc) is 2.66. The van der Waals surface area contributed by atoms with Crippen LogP contribution in [-0.2, 0) is 20.9 Å². The van der Waals surface area contributed by atoms with E-state index in [4.69, 9.17) is 4.74 Å². The largest absolute Gasteiger partial charge is 0.497 e. The fourth-order valence-corrected chi connectivity index (χ4v) is 2.04. The summed E-state index contributed by atoms with van der Waals surface area (Å²) in [5, 5.41) is 5.69. The predicted octanol–water partition coefficient (Wildman–Crippen LogP) is 2.48. The molecule has 0 fully saturated rings. The van der Waals surface area contributed by atoms with Crippen LogP contribution in [0.1, 0.15) is 5.56 Å². The van der Waals surface area contributed by atoms with Gasteiger partial charge in [-0.3, -0.25) is 4.79 Å². The van der Waals surface area contributed by atoms with Crippen LogP contribution in [0.2, 0.25) is 0 Å². The van der Waals surface area contributed by atoms with Crippen molar-refractivity contribution in [2.24, 2.45) is 0 Å². The molecule has 0 aliphatic heterocycles. The monoisotopic (exact) mass is 340 g/mol. The molecule has 6 nitrogen and oxygen atoms in total. The topological polar surface area (TPSA) is 76.7 Å². The SMILES string of the molecule is COC(=O)/C=C(\Nc1ccc(OC)cc1)C(=O)NCc1ccccc1. The molecular formula is C19H20N2O4. The Morgan fingerprint density at radius 1 is 1.00 bits per heavy atom. The van der Waals surface area contributed by atoms with E-state index in [0.717, 1.165) is 11.6 Å². The highest BCUT2D eigenvalue weighted by Gasteiger charge is 2.12. The lowest BCUT2D eigenvalue weighted by Crippen LogP contribution is -2.28. The first kappa shape index (κ1) is 18.1. The van der Waals surface area contributed by atoms with Gasteiger partial charge in [0.05, 0.1) is 20.3 Å². The average molecular weight is 340 g/mol. The molecular weight excluding hydrogens is 320 g/mol. The van der Waals surface area contributed by atoms with E-state index < -0.39 is 11.9 Å². The molecule has 2 rings (SSSR count). The van der Waals surface area contributed by atoms with Crippen molar-refractivity contribution >= 4 is 17.6 Å². The quantitative estimate of drug-likeness (QED) is 0.598. The van der Waals surface area contributed by atoms with Crippen LogP contribution < -0.4 is 15.4 Å². The summed E-state index contributed by atoms with van der Waals surface area (Å²) in [7, 11) is 2.83. The number of hydrogen-bond acceptors (Lipinski definition) is 5. The third kappa shape index (κ3) is 5.69. The number of esters is 1. The number of nitrogens with one attached hydrogen (secondary N) is 2. The zero-order valence-electron chi connectivity index (χ0n) is 14.1. The fourth-order valence-electron chi connectivity index (χ4n) is 2.04. The van der Waals surface area contributed by atoms with Crippen LogP contribution in [0, 0.1) is 0 Å². The summed E-state index contributed by atoms with van der Waals surface area (Å²) in [5.74, 6) is -0.339. The molecule has 0 unspecified atom stereocenters. The van der Waals surface area contributed by atoms with Gasteiger partial charge < -0.3 is 20.1 Å². The first-order valence-electron chi connectivity index (χ1n) is 7.65. The molecule has 6 heteroatoms. The Morgan fingerprint density at radius 3 is 2.28 bits per heavy atom. The summed E-state index contributed by atoms with van der Waals surface area (Å²) in [5.41, 5.74) is 1.69. The smallest absolute Gasteiger partial charge is 0.332 e. The minimum absolute atomic E-state index is 0.0907. The second-order valence-corrected chi connectivity index (χ2v) is 5.10. The number of carbonyl (C=O) groups is 2. The highest BCUT2D eigenvalue weighted by molar-refractivity contribution is 6.01. The Hall–Kier alpha value is -3.28. The lowest BCUT2D eigenvalue weighted by Gasteiger charge is -2.12. The lowest BCUT2D eigenvalue weighted by molar-refractivity contribution is -0.135. The van der Waals surface area contributed by atoms with Gasteiger partial charge in [0.2, 0.25) is 0 Å². The molecule has 0 radical (unpaired) electrons. The first-order valence-corrected chi connectivity index (χ1v) is 7.65. The molecule has 130 valence electrons. The summed E-state index contributed by atoms with van der Waals surface area (Å²) in [6, 6.07) is 16.5. The molecule has 0 aliphatic carbocycles. The van der Waals surface area contributed by atoms with Gasteiger partial charge in [0.25, 0.3) is 5.91 Å². The molecule has 2 aromatic carbocycles. The third-order valence-electron chi connectivity index (χ3n) is 3.37. The normalized spacial score (nSPS) is 10.7. The van der Waals surface area contributed by atoms with E-state index in [1.807, 2.05) is 30.3 Å². The van der Waals surface area contributed by atoms with Gasteiger partial charge in [-0.15, -0.1) is 0 Å². The molecule has 0 atom stereocenters. The molecule has 0 aromatic heterocycles. The van der Waals surface area contributed by atoms with Crippen molar-refractivity contribution in [1.29, 1.82) is 0 Å². The summed E-state index contributed by atoms with van der Waals surface area (Å²) in [4.78, 5) is 24.0. The summed E-state index contributed by atoms with van der Waals surface area (Å²) in [6.07, 6.45) is 1.12. The molecule has 0 spiro atoms. The van der Waals surface area contributed by atoms with Gasteiger partial charge in [0.1, 0.15) is 11.4 Å². The van der Waals surface area contributed by atoms with Crippen molar-refractivity contribution in [3.05, 3.63) is 71.9 Å². The van der Waals surface area contributed by atoms with Gasteiger partial charge in [-0.25, -0.2) is 4.79 Å². The summed E-state index contributed by atoms with van der Waals surface area (Å²) >= 11 is 0. The molecule has 0 aliphatic rings. The number of amides is 1. The second-order valence-electron chi connectivity index (χ2n) is 5.10. The zero-order chi connectivity index (χ0) is 18.1. The van der Waals surface area contributed by atoms with E-state index in [2.05, 4.69) is 15.4 Å². The molecule has 1 amide bonds. The minimum Gasteiger partial charge on any atom is -0.497 e. The van der Waals surface area contributed by atoms with E-state index in [9.17, 15) is 9.59 Å². The van der Waals surface area contributed by atoms with E-state index in [-0.39, 0.29) is 5.70 Å². The predicted molar refractivity (Wildman–Crippen MR) is 95.0 cm³/mol. The highest BCUT2D eigenvalue weighted by Crippen LogP contribution is 2.16. The van der Waals surface area contributed by atoms with E-state index in [0.29, 0.717) is 18.0 Å². The number of ether oxygens (including phenoxy) is 2. The van der Waals surface area contributed by atoms with Crippen LogP contribution in [0.4, 0.5) is 5.69 Å². The van der Waals surface area contributed by atoms with Crippen LogP contribution in [-0.4, -0.2) is 26.1 Å². The van der Waals surface area contributed by atoms with E-state index in [1.165, 1.54) is 7.11 Å². The number of carbonyl (C=O) groups excluding carboxylic acids is 2. The molecule has 0 bridgehead atoms. The number of anilines is 1. The summed E-state index contributed by atoms with van der Waals surface area (Å²) < 4.78 is 9.71. The van der Waals surface area contributed by atoms with Crippen LogP contribution >= 0.6 is 0 Å². The van der Waals surface area contributed by atoms with Crippen molar-refractivity contribution in [3.63, 3.8) is 0 Å². The van der Waals surface area contributed by atoms with Crippen molar-refractivity contribution in [1.82, 2.24) is 5.32 Å². The number of hydrogen-bond donors (Lipinski definition) is 2. The third-order valence-corrected chi connectivity index (χ3v) is 3.37. The van der Waals surface area contributed by atoms with Crippen molar-refractivity contribution in [3.8, 4) is 5.75 Å². The van der Waals surface area contributed by atoms with Crippen molar-refractivity contribution < 1.29 is 19.1 Å². The number of benzene rings is 2. The molecule has 2 aromatic rings. The second kappa shape index (κ2) is 9.12. The molecule has 0 heterocycles. The van der Waals surface area contributed by atoms with Crippen molar-refractivity contribution in [2.45, 2.75) is 6.54 Å².